The molecule has 160 valence electrons. The molecule has 0 bridgehead atoms. The maximum atomic E-state index is 10.9. The molecular weight excluding hydrogens is 452 g/mol. The number of para-hydroxylation sites is 1. The van der Waals surface area contributed by atoms with Crippen LogP contribution in [-0.4, -0.2) is 17.4 Å². The highest BCUT2D eigenvalue weighted by atomic mass is 79.9. The van der Waals surface area contributed by atoms with Crippen molar-refractivity contribution >= 4 is 21.6 Å². The lowest BCUT2D eigenvalue weighted by Gasteiger charge is -2.31. The molecule has 5 heteroatoms. The number of ether oxygens (including phenoxy) is 1. The van der Waals surface area contributed by atoms with Crippen LogP contribution in [0.5, 0.6) is 11.5 Å². The van der Waals surface area contributed by atoms with Gasteiger partial charge in [0.2, 0.25) is 0 Å². The van der Waals surface area contributed by atoms with Crippen molar-refractivity contribution in [3.63, 3.8) is 0 Å². The number of hydrogen-bond donors (Lipinski definition) is 2. The third-order valence-electron chi connectivity index (χ3n) is 5.63. The van der Waals surface area contributed by atoms with E-state index in [-0.39, 0.29) is 18.0 Å². The molecule has 4 nitrogen and oxygen atoms in total. The van der Waals surface area contributed by atoms with Gasteiger partial charge in [-0.25, -0.2) is 0 Å². The zero-order valence-corrected chi connectivity index (χ0v) is 19.4. The van der Waals surface area contributed by atoms with Crippen LogP contribution < -0.4 is 10.1 Å². The average Bonchev–Trinajstić information content (AvgIpc) is 2.81. The number of phenols is 1. The van der Waals surface area contributed by atoms with Gasteiger partial charge in [0.15, 0.2) is 11.5 Å². The van der Waals surface area contributed by atoms with Crippen LogP contribution in [0.4, 0.5) is 0 Å². The maximum Gasteiger partial charge on any atom is 0.162 e. The second-order valence-corrected chi connectivity index (χ2v) is 8.55. The van der Waals surface area contributed by atoms with Gasteiger partial charge in [-0.05, 0) is 48.2 Å². The van der Waals surface area contributed by atoms with Crippen LogP contribution in [0, 0.1) is 0 Å². The SMILES string of the molecule is CCOc1cccc(C2CC(c3ccc(CC)cc3)=NC(c3ccc(Br)cc3)N2)c1O. The summed E-state index contributed by atoms with van der Waals surface area (Å²) in [7, 11) is 0. The minimum atomic E-state index is -0.206. The topological polar surface area (TPSA) is 53.8 Å². The molecule has 0 radical (unpaired) electrons. The van der Waals surface area contributed by atoms with Crippen molar-refractivity contribution in [3.05, 3.63) is 93.5 Å². The summed E-state index contributed by atoms with van der Waals surface area (Å²) in [6, 6.07) is 22.4. The summed E-state index contributed by atoms with van der Waals surface area (Å²) >= 11 is 3.51. The molecule has 2 atom stereocenters. The van der Waals surface area contributed by atoms with E-state index in [9.17, 15) is 5.11 Å². The van der Waals surface area contributed by atoms with Gasteiger partial charge >= 0.3 is 0 Å². The zero-order chi connectivity index (χ0) is 21.8. The van der Waals surface area contributed by atoms with Crippen LogP contribution in [0.25, 0.3) is 0 Å². The van der Waals surface area contributed by atoms with Gasteiger partial charge in [0.25, 0.3) is 0 Å². The minimum absolute atomic E-state index is 0.0904. The Bertz CT molecular complexity index is 1060. The summed E-state index contributed by atoms with van der Waals surface area (Å²) < 4.78 is 6.65. The molecule has 1 aliphatic heterocycles. The molecule has 2 N–H and O–H groups in total. The zero-order valence-electron chi connectivity index (χ0n) is 17.8. The van der Waals surface area contributed by atoms with Crippen molar-refractivity contribution in [2.45, 2.75) is 38.9 Å². The number of benzene rings is 3. The molecule has 4 rings (SSSR count). The van der Waals surface area contributed by atoms with E-state index >= 15 is 0 Å². The molecule has 0 aromatic heterocycles. The lowest BCUT2D eigenvalue weighted by molar-refractivity contribution is 0.313. The lowest BCUT2D eigenvalue weighted by atomic mass is 9.93. The maximum absolute atomic E-state index is 10.9. The summed E-state index contributed by atoms with van der Waals surface area (Å²) in [4.78, 5) is 5.05. The molecule has 0 saturated heterocycles. The van der Waals surface area contributed by atoms with E-state index in [1.165, 1.54) is 5.56 Å². The largest absolute Gasteiger partial charge is 0.504 e. The Morgan fingerprint density at radius 3 is 2.45 bits per heavy atom. The predicted octanol–water partition coefficient (Wildman–Crippen LogP) is 6.34. The highest BCUT2D eigenvalue weighted by Gasteiger charge is 2.28. The summed E-state index contributed by atoms with van der Waals surface area (Å²) in [5.74, 6) is 0.706. The molecule has 0 aliphatic carbocycles. The van der Waals surface area contributed by atoms with Gasteiger partial charge < -0.3 is 9.84 Å². The standard InChI is InChI=1S/C26H27BrN2O2/c1-3-17-8-10-18(11-9-17)22-16-23(21-6-5-7-24(25(21)30)31-4-2)29-26(28-22)19-12-14-20(27)15-13-19/h5-15,23,26,29-30H,3-4,16H2,1-2H3. The number of nitrogens with one attached hydrogen (secondary N) is 1. The molecule has 3 aromatic carbocycles. The highest BCUT2D eigenvalue weighted by Crippen LogP contribution is 2.39. The number of phenolic OH excluding ortho intramolecular Hbond substituents is 1. The van der Waals surface area contributed by atoms with E-state index in [1.54, 1.807) is 6.07 Å². The van der Waals surface area contributed by atoms with Crippen LogP contribution in [0.2, 0.25) is 0 Å². The molecule has 31 heavy (non-hydrogen) atoms. The van der Waals surface area contributed by atoms with Gasteiger partial charge in [-0.3, -0.25) is 10.3 Å². The van der Waals surface area contributed by atoms with Crippen LogP contribution in [0.1, 0.15) is 54.7 Å². The fourth-order valence-corrected chi connectivity index (χ4v) is 4.19. The van der Waals surface area contributed by atoms with Crippen molar-refractivity contribution in [1.29, 1.82) is 0 Å². The molecular formula is C26H27BrN2O2. The first-order valence-corrected chi connectivity index (χ1v) is 11.5. The van der Waals surface area contributed by atoms with E-state index in [0.717, 1.165) is 33.3 Å². The fraction of sp³-hybridized carbons (Fsp3) is 0.269. The third kappa shape index (κ3) is 4.83. The minimum Gasteiger partial charge on any atom is -0.504 e. The van der Waals surface area contributed by atoms with Gasteiger partial charge in [-0.15, -0.1) is 0 Å². The first-order valence-electron chi connectivity index (χ1n) is 10.7. The van der Waals surface area contributed by atoms with E-state index in [2.05, 4.69) is 64.6 Å². The first-order chi connectivity index (χ1) is 15.1. The van der Waals surface area contributed by atoms with Gasteiger partial charge in [0.1, 0.15) is 6.17 Å². The van der Waals surface area contributed by atoms with Crippen LogP contribution >= 0.6 is 15.9 Å². The normalized spacial score (nSPS) is 18.5. The summed E-state index contributed by atoms with van der Waals surface area (Å²) in [5.41, 5.74) is 5.36. The second kappa shape index (κ2) is 9.67. The Kier molecular flexibility index (Phi) is 6.73. The third-order valence-corrected chi connectivity index (χ3v) is 6.16. The Balaban J connectivity index is 1.73. The first kappa shape index (κ1) is 21.6. The van der Waals surface area contributed by atoms with Crippen molar-refractivity contribution < 1.29 is 9.84 Å². The summed E-state index contributed by atoms with van der Waals surface area (Å²) in [5, 5.41) is 14.5. The van der Waals surface area contributed by atoms with E-state index < -0.39 is 0 Å². The van der Waals surface area contributed by atoms with E-state index in [1.807, 2.05) is 31.2 Å². The number of aliphatic imine (C=N–C) groups is 1. The fourth-order valence-electron chi connectivity index (χ4n) is 3.92. The van der Waals surface area contributed by atoms with Crippen molar-refractivity contribution in [3.8, 4) is 11.5 Å². The molecule has 0 fully saturated rings. The van der Waals surface area contributed by atoms with E-state index in [4.69, 9.17) is 9.73 Å². The van der Waals surface area contributed by atoms with E-state index in [0.29, 0.717) is 18.8 Å². The molecule has 0 saturated carbocycles. The molecule has 0 amide bonds. The average molecular weight is 479 g/mol. The Hall–Kier alpha value is -2.63. The van der Waals surface area contributed by atoms with Crippen molar-refractivity contribution in [2.24, 2.45) is 4.99 Å². The highest BCUT2D eigenvalue weighted by molar-refractivity contribution is 9.10. The number of nitrogens with zero attached hydrogens (tertiary/aromatic N) is 1. The number of hydrogen-bond acceptors (Lipinski definition) is 4. The molecule has 1 aliphatic rings. The monoisotopic (exact) mass is 478 g/mol. The number of aromatic hydroxyl groups is 1. The molecule has 2 unspecified atom stereocenters. The smallest absolute Gasteiger partial charge is 0.162 e. The van der Waals surface area contributed by atoms with Crippen molar-refractivity contribution in [1.82, 2.24) is 5.32 Å². The van der Waals surface area contributed by atoms with Crippen LogP contribution in [0.15, 0.2) is 76.2 Å². The number of aryl methyl sites for hydroxylation is 1. The van der Waals surface area contributed by atoms with Gasteiger partial charge in [-0.1, -0.05) is 71.4 Å². The van der Waals surface area contributed by atoms with Crippen LogP contribution in [0.3, 0.4) is 0 Å². The molecule has 0 spiro atoms. The number of rotatable bonds is 6. The summed E-state index contributed by atoms with van der Waals surface area (Å²) in [6.07, 6.45) is 1.49. The van der Waals surface area contributed by atoms with Crippen molar-refractivity contribution in [2.75, 3.05) is 6.61 Å². The summed E-state index contributed by atoms with van der Waals surface area (Å²) in [6.45, 7) is 4.58. The second-order valence-electron chi connectivity index (χ2n) is 7.63. The quantitative estimate of drug-likeness (QED) is 0.434. The predicted molar refractivity (Wildman–Crippen MR) is 129 cm³/mol. The van der Waals surface area contributed by atoms with Crippen LogP contribution in [-0.2, 0) is 6.42 Å². The molecule has 3 aromatic rings. The number of halogens is 1. The Morgan fingerprint density at radius 2 is 1.77 bits per heavy atom. The van der Waals surface area contributed by atoms with Gasteiger partial charge in [0, 0.05) is 28.2 Å². The van der Waals surface area contributed by atoms with Gasteiger partial charge in [0.05, 0.1) is 6.61 Å². The van der Waals surface area contributed by atoms with Gasteiger partial charge in [-0.2, -0.15) is 0 Å². The lowest BCUT2D eigenvalue weighted by Crippen LogP contribution is -2.33. The Labute approximate surface area is 192 Å². The molecule has 1 heterocycles. The Morgan fingerprint density at radius 1 is 1.03 bits per heavy atom.